The summed E-state index contributed by atoms with van der Waals surface area (Å²) in [4.78, 5) is 21.6. The van der Waals surface area contributed by atoms with Crippen LogP contribution < -0.4 is 5.32 Å². The lowest BCUT2D eigenvalue weighted by molar-refractivity contribution is -0.131. The van der Waals surface area contributed by atoms with Gasteiger partial charge in [-0.2, -0.15) is 0 Å². The van der Waals surface area contributed by atoms with Crippen molar-refractivity contribution in [1.82, 2.24) is 5.32 Å². The van der Waals surface area contributed by atoms with Crippen LogP contribution in [0.1, 0.15) is 24.8 Å². The predicted octanol–water partition coefficient (Wildman–Crippen LogP) is 2.72. The van der Waals surface area contributed by atoms with Gasteiger partial charge < -0.3 is 15.2 Å². The van der Waals surface area contributed by atoms with Gasteiger partial charge in [-0.1, -0.05) is 36.4 Å². The van der Waals surface area contributed by atoms with Gasteiger partial charge in [0.15, 0.2) is 0 Å². The summed E-state index contributed by atoms with van der Waals surface area (Å²) in [7, 11) is 0. The number of nitrogens with one attached hydrogen (secondary N) is 1. The number of hydrogen-bond donors (Lipinski definition) is 2. The molecule has 1 amide bonds. The number of allylic oxidation sites excluding steroid dienone is 1. The Balaban J connectivity index is 2.02. The molecule has 0 unspecified atom stereocenters. The minimum atomic E-state index is -0.937. The van der Waals surface area contributed by atoms with Gasteiger partial charge in [-0.3, -0.25) is 0 Å². The summed E-state index contributed by atoms with van der Waals surface area (Å²) in [5.74, 6) is -0.937. The van der Waals surface area contributed by atoms with Gasteiger partial charge in [0.05, 0.1) is 0 Å². The van der Waals surface area contributed by atoms with Gasteiger partial charge in [0.2, 0.25) is 0 Å². The van der Waals surface area contributed by atoms with Crippen LogP contribution in [0.15, 0.2) is 42.5 Å². The Morgan fingerprint density at radius 2 is 1.95 bits per heavy atom. The minimum absolute atomic E-state index is 0.258. The Hall–Kier alpha value is -2.30. The largest absolute Gasteiger partial charge is 0.478 e. The molecule has 0 bridgehead atoms. The minimum Gasteiger partial charge on any atom is -0.478 e. The molecule has 0 spiro atoms. The molecule has 0 radical (unpaired) electrons. The number of unbranched alkanes of at least 4 members (excludes halogenated alkanes) is 2. The molecule has 0 aromatic heterocycles. The van der Waals surface area contributed by atoms with Crippen molar-refractivity contribution in [1.29, 1.82) is 0 Å². The number of rotatable bonds is 8. The second-order valence-electron chi connectivity index (χ2n) is 4.22. The zero-order chi connectivity index (χ0) is 14.6. The molecule has 5 heteroatoms. The van der Waals surface area contributed by atoms with Crippen molar-refractivity contribution in [3.8, 4) is 0 Å². The zero-order valence-corrected chi connectivity index (χ0v) is 11.2. The van der Waals surface area contributed by atoms with Crippen LogP contribution in [0, 0.1) is 0 Å². The summed E-state index contributed by atoms with van der Waals surface area (Å²) in [5, 5.41) is 11.0. The molecule has 0 aliphatic rings. The number of carboxylic acids is 1. The van der Waals surface area contributed by atoms with Crippen LogP contribution in [0.25, 0.3) is 0 Å². The first-order valence-corrected chi connectivity index (χ1v) is 6.52. The average Bonchev–Trinajstić information content (AvgIpc) is 2.45. The van der Waals surface area contributed by atoms with Gasteiger partial charge in [0.1, 0.15) is 6.61 Å². The SMILES string of the molecule is O=C(O)/C=C/CCCCNC(=O)OCc1ccccc1. The molecule has 0 aliphatic carbocycles. The fourth-order valence-corrected chi connectivity index (χ4v) is 1.54. The van der Waals surface area contributed by atoms with Crippen molar-refractivity contribution in [2.75, 3.05) is 6.54 Å². The van der Waals surface area contributed by atoms with Crippen molar-refractivity contribution in [2.24, 2.45) is 0 Å². The molecule has 108 valence electrons. The number of ether oxygens (including phenoxy) is 1. The number of benzene rings is 1. The van der Waals surface area contributed by atoms with Gasteiger partial charge in [0.25, 0.3) is 0 Å². The van der Waals surface area contributed by atoms with Gasteiger partial charge >= 0.3 is 12.1 Å². The number of carboxylic acid groups (broad SMARTS) is 1. The maximum atomic E-state index is 11.4. The van der Waals surface area contributed by atoms with E-state index < -0.39 is 12.1 Å². The maximum Gasteiger partial charge on any atom is 0.407 e. The Morgan fingerprint density at radius 3 is 2.65 bits per heavy atom. The highest BCUT2D eigenvalue weighted by molar-refractivity contribution is 5.79. The quantitative estimate of drug-likeness (QED) is 0.566. The molecule has 1 aromatic rings. The molecule has 0 atom stereocenters. The molecule has 1 aromatic carbocycles. The van der Waals surface area contributed by atoms with E-state index in [2.05, 4.69) is 5.32 Å². The number of amides is 1. The third-order valence-electron chi connectivity index (χ3n) is 2.54. The second-order valence-corrected chi connectivity index (χ2v) is 4.22. The predicted molar refractivity (Wildman–Crippen MR) is 75.3 cm³/mol. The molecule has 0 fully saturated rings. The van der Waals surface area contributed by atoms with Gasteiger partial charge in [0, 0.05) is 12.6 Å². The fourth-order valence-electron chi connectivity index (χ4n) is 1.54. The lowest BCUT2D eigenvalue weighted by Gasteiger charge is -2.06. The summed E-state index contributed by atoms with van der Waals surface area (Å²) >= 11 is 0. The summed E-state index contributed by atoms with van der Waals surface area (Å²) in [6.07, 6.45) is 4.59. The van der Waals surface area contributed by atoms with E-state index in [0.29, 0.717) is 13.0 Å². The average molecular weight is 277 g/mol. The number of alkyl carbamates (subject to hydrolysis) is 1. The molecule has 5 nitrogen and oxygen atoms in total. The lowest BCUT2D eigenvalue weighted by atomic mass is 10.2. The van der Waals surface area contributed by atoms with Gasteiger partial charge in [-0.05, 0) is 24.8 Å². The van der Waals surface area contributed by atoms with Crippen LogP contribution in [0.2, 0.25) is 0 Å². The first-order chi connectivity index (χ1) is 9.68. The summed E-state index contributed by atoms with van der Waals surface area (Å²) in [6.45, 7) is 0.780. The van der Waals surface area contributed by atoms with Crippen molar-refractivity contribution in [3.63, 3.8) is 0 Å². The van der Waals surface area contributed by atoms with Crippen LogP contribution in [-0.2, 0) is 16.1 Å². The highest BCUT2D eigenvalue weighted by Crippen LogP contribution is 2.00. The van der Waals surface area contributed by atoms with Crippen molar-refractivity contribution in [2.45, 2.75) is 25.9 Å². The summed E-state index contributed by atoms with van der Waals surface area (Å²) in [6, 6.07) is 9.47. The van der Waals surface area contributed by atoms with Crippen LogP contribution in [-0.4, -0.2) is 23.7 Å². The highest BCUT2D eigenvalue weighted by Gasteiger charge is 2.01. The molecular formula is C15H19NO4. The van der Waals surface area contributed by atoms with E-state index in [1.165, 1.54) is 0 Å². The lowest BCUT2D eigenvalue weighted by Crippen LogP contribution is -2.25. The summed E-state index contributed by atoms with van der Waals surface area (Å²) < 4.78 is 5.05. The standard InChI is InChI=1S/C15H19NO4/c17-14(18)10-6-1-2-7-11-16-15(19)20-12-13-8-4-3-5-9-13/h3-6,8-10H,1-2,7,11-12H2,(H,16,19)(H,17,18)/b10-6+. The molecule has 0 heterocycles. The van der Waals surface area contributed by atoms with Crippen LogP contribution in [0.4, 0.5) is 4.79 Å². The Morgan fingerprint density at radius 1 is 1.20 bits per heavy atom. The fraction of sp³-hybridized carbons (Fsp3) is 0.333. The molecule has 2 N–H and O–H groups in total. The molecule has 20 heavy (non-hydrogen) atoms. The van der Waals surface area contributed by atoms with Crippen LogP contribution in [0.3, 0.4) is 0 Å². The third kappa shape index (κ3) is 7.92. The second kappa shape index (κ2) is 9.61. The van der Waals surface area contributed by atoms with E-state index in [1.807, 2.05) is 30.3 Å². The van der Waals surface area contributed by atoms with E-state index in [4.69, 9.17) is 9.84 Å². The summed E-state index contributed by atoms with van der Waals surface area (Å²) in [5.41, 5.74) is 0.946. The number of carbonyl (C=O) groups is 2. The van der Waals surface area contributed by atoms with E-state index in [-0.39, 0.29) is 6.61 Å². The topological polar surface area (TPSA) is 75.6 Å². The van der Waals surface area contributed by atoms with E-state index in [9.17, 15) is 9.59 Å². The van der Waals surface area contributed by atoms with E-state index in [1.54, 1.807) is 6.08 Å². The van der Waals surface area contributed by atoms with Gasteiger partial charge in [-0.25, -0.2) is 9.59 Å². The molecule has 0 saturated heterocycles. The molecule has 1 rings (SSSR count). The number of carbonyl (C=O) groups excluding carboxylic acids is 1. The Bertz CT molecular complexity index is 442. The molecule has 0 saturated carbocycles. The highest BCUT2D eigenvalue weighted by atomic mass is 16.5. The Labute approximate surface area is 118 Å². The van der Waals surface area contributed by atoms with Crippen molar-refractivity contribution < 1.29 is 19.4 Å². The number of aliphatic carboxylic acids is 1. The van der Waals surface area contributed by atoms with Crippen LogP contribution in [0.5, 0.6) is 0 Å². The maximum absolute atomic E-state index is 11.4. The van der Waals surface area contributed by atoms with Crippen molar-refractivity contribution in [3.05, 3.63) is 48.0 Å². The number of hydrogen-bond acceptors (Lipinski definition) is 3. The van der Waals surface area contributed by atoms with Gasteiger partial charge in [-0.15, -0.1) is 0 Å². The van der Waals surface area contributed by atoms with Crippen LogP contribution >= 0.6 is 0 Å². The van der Waals surface area contributed by atoms with Crippen molar-refractivity contribution >= 4 is 12.1 Å². The van der Waals surface area contributed by atoms with E-state index in [0.717, 1.165) is 24.5 Å². The Kier molecular flexibility index (Phi) is 7.57. The molecule has 0 aliphatic heterocycles. The smallest absolute Gasteiger partial charge is 0.407 e. The molecular weight excluding hydrogens is 258 g/mol. The van der Waals surface area contributed by atoms with E-state index >= 15 is 0 Å². The third-order valence-corrected chi connectivity index (χ3v) is 2.54. The zero-order valence-electron chi connectivity index (χ0n) is 11.2. The first kappa shape index (κ1) is 15.8. The normalized spacial score (nSPS) is 10.4. The monoisotopic (exact) mass is 277 g/mol. The first-order valence-electron chi connectivity index (χ1n) is 6.52.